The van der Waals surface area contributed by atoms with E-state index in [1.165, 1.54) is 13.0 Å². The van der Waals surface area contributed by atoms with Crippen molar-refractivity contribution in [3.8, 4) is 0 Å². The summed E-state index contributed by atoms with van der Waals surface area (Å²) in [5.41, 5.74) is 1.06. The van der Waals surface area contributed by atoms with Gasteiger partial charge in [-0.3, -0.25) is 9.59 Å². The average molecular weight is 367 g/mol. The first-order chi connectivity index (χ1) is 12.9. The number of carbonyl (C=O) groups is 3. The van der Waals surface area contributed by atoms with E-state index in [4.69, 9.17) is 10.1 Å². The van der Waals surface area contributed by atoms with E-state index in [9.17, 15) is 14.4 Å². The maximum Gasteiger partial charge on any atom is 0.338 e. The number of nitrogens with one attached hydrogen (secondary N) is 3. The van der Waals surface area contributed by atoms with Crippen molar-refractivity contribution < 1.29 is 19.1 Å². The van der Waals surface area contributed by atoms with Crippen LogP contribution in [0.1, 0.15) is 24.2 Å². The second-order valence-corrected chi connectivity index (χ2v) is 5.76. The van der Waals surface area contributed by atoms with Gasteiger partial charge in [0.1, 0.15) is 0 Å². The highest BCUT2D eigenvalue weighted by Gasteiger charge is 2.29. The molecular weight excluding hydrogens is 346 g/mol. The second-order valence-electron chi connectivity index (χ2n) is 5.76. The molecule has 0 aromatic heterocycles. The molecule has 140 valence electrons. The number of amides is 2. The van der Waals surface area contributed by atoms with E-state index in [1.54, 1.807) is 55.5 Å². The molecule has 0 radical (unpaired) electrons. The maximum absolute atomic E-state index is 12.6. The van der Waals surface area contributed by atoms with Gasteiger partial charge in [-0.05, 0) is 44.2 Å². The van der Waals surface area contributed by atoms with Gasteiger partial charge in [-0.15, -0.1) is 0 Å². The number of benzene rings is 2. The molecule has 7 nitrogen and oxygen atoms in total. The van der Waals surface area contributed by atoms with Crippen LogP contribution in [0.4, 0.5) is 11.4 Å². The lowest BCUT2D eigenvalue weighted by atomic mass is 10.0. The summed E-state index contributed by atoms with van der Waals surface area (Å²) in [6.07, 6.45) is 0. The van der Waals surface area contributed by atoms with Crippen molar-refractivity contribution >= 4 is 34.9 Å². The fourth-order valence-electron chi connectivity index (χ4n) is 2.40. The van der Waals surface area contributed by atoms with Crippen molar-refractivity contribution in [2.45, 2.75) is 13.8 Å². The minimum atomic E-state index is -1.29. The molecule has 2 aromatic carbocycles. The molecule has 0 aliphatic carbocycles. The van der Waals surface area contributed by atoms with Gasteiger partial charge >= 0.3 is 5.97 Å². The van der Waals surface area contributed by atoms with Crippen LogP contribution in [0, 0.1) is 11.3 Å². The first kappa shape index (κ1) is 19.8. The number of rotatable bonds is 7. The van der Waals surface area contributed by atoms with Gasteiger partial charge in [-0.25, -0.2) is 4.79 Å². The van der Waals surface area contributed by atoms with Crippen LogP contribution < -0.4 is 10.6 Å². The first-order valence-corrected chi connectivity index (χ1v) is 8.41. The lowest BCUT2D eigenvalue weighted by Crippen LogP contribution is -2.38. The van der Waals surface area contributed by atoms with Gasteiger partial charge < -0.3 is 20.8 Å². The van der Waals surface area contributed by atoms with Crippen LogP contribution in [-0.4, -0.2) is 30.1 Å². The maximum atomic E-state index is 12.6. The number of hydrogen-bond acceptors (Lipinski definition) is 5. The monoisotopic (exact) mass is 367 g/mol. The summed E-state index contributed by atoms with van der Waals surface area (Å²) in [5.74, 6) is -3.06. The van der Waals surface area contributed by atoms with Gasteiger partial charge in [-0.2, -0.15) is 0 Å². The Morgan fingerprint density at radius 3 is 2.15 bits per heavy atom. The zero-order valence-corrected chi connectivity index (χ0v) is 15.1. The van der Waals surface area contributed by atoms with Crippen molar-refractivity contribution in [3.05, 3.63) is 60.2 Å². The molecule has 0 aliphatic rings. The van der Waals surface area contributed by atoms with Gasteiger partial charge in [0, 0.05) is 17.1 Å². The molecule has 7 heteroatoms. The number of esters is 1. The summed E-state index contributed by atoms with van der Waals surface area (Å²) in [6, 6.07) is 14.9. The van der Waals surface area contributed by atoms with E-state index in [0.717, 1.165) is 0 Å². The van der Waals surface area contributed by atoms with Gasteiger partial charge in [0.05, 0.1) is 12.2 Å². The number of hydrogen-bond donors (Lipinski definition) is 3. The zero-order chi connectivity index (χ0) is 19.8. The van der Waals surface area contributed by atoms with Gasteiger partial charge in [-0.1, -0.05) is 24.3 Å². The summed E-state index contributed by atoms with van der Waals surface area (Å²) < 4.78 is 4.93. The Hall–Kier alpha value is -3.48. The zero-order valence-electron chi connectivity index (χ0n) is 15.1. The number of para-hydroxylation sites is 1. The molecule has 0 spiro atoms. The topological polar surface area (TPSA) is 108 Å². The normalized spacial score (nSPS) is 11.2. The third kappa shape index (κ3) is 5.50. The Balaban J connectivity index is 2.13. The predicted molar refractivity (Wildman–Crippen MR) is 103 cm³/mol. The van der Waals surface area contributed by atoms with Crippen molar-refractivity contribution in [1.82, 2.24) is 0 Å². The highest BCUT2D eigenvalue weighted by Crippen LogP contribution is 2.15. The van der Waals surface area contributed by atoms with E-state index in [-0.39, 0.29) is 17.9 Å². The average Bonchev–Trinajstić information content (AvgIpc) is 2.62. The molecule has 0 saturated heterocycles. The molecule has 3 N–H and O–H groups in total. The third-order valence-corrected chi connectivity index (χ3v) is 3.64. The summed E-state index contributed by atoms with van der Waals surface area (Å²) >= 11 is 0. The van der Waals surface area contributed by atoms with Gasteiger partial charge in [0.25, 0.3) is 0 Å². The van der Waals surface area contributed by atoms with Crippen LogP contribution in [0.5, 0.6) is 0 Å². The Labute approximate surface area is 157 Å². The SMILES string of the molecule is CCOC(=O)c1cccc(NC(=O)C(C(C)=N)C(=O)Nc2ccccc2)c1. The van der Waals surface area contributed by atoms with Crippen molar-refractivity contribution in [2.24, 2.45) is 5.92 Å². The molecule has 0 aliphatic heterocycles. The van der Waals surface area contributed by atoms with Gasteiger partial charge in [0.2, 0.25) is 11.8 Å². The lowest BCUT2D eigenvalue weighted by molar-refractivity contribution is -0.126. The predicted octanol–water partition coefficient (Wildman–Crippen LogP) is 3.10. The van der Waals surface area contributed by atoms with Crippen LogP contribution in [0.2, 0.25) is 0 Å². The quantitative estimate of drug-likeness (QED) is 0.397. The molecule has 0 saturated carbocycles. The Morgan fingerprint density at radius 2 is 1.56 bits per heavy atom. The molecule has 0 bridgehead atoms. The minimum Gasteiger partial charge on any atom is -0.462 e. The highest BCUT2D eigenvalue weighted by molar-refractivity contribution is 6.24. The molecule has 2 rings (SSSR count). The summed E-state index contributed by atoms with van der Waals surface area (Å²) in [5, 5.41) is 13.0. The fraction of sp³-hybridized carbons (Fsp3) is 0.200. The molecule has 1 unspecified atom stereocenters. The summed E-state index contributed by atoms with van der Waals surface area (Å²) in [4.78, 5) is 36.8. The Kier molecular flexibility index (Phi) is 6.82. The fourth-order valence-corrected chi connectivity index (χ4v) is 2.40. The van der Waals surface area contributed by atoms with Crippen LogP contribution in [-0.2, 0) is 14.3 Å². The van der Waals surface area contributed by atoms with Crippen molar-refractivity contribution in [2.75, 3.05) is 17.2 Å². The molecule has 1 atom stereocenters. The third-order valence-electron chi connectivity index (χ3n) is 3.64. The van der Waals surface area contributed by atoms with E-state index in [0.29, 0.717) is 11.4 Å². The van der Waals surface area contributed by atoms with Crippen LogP contribution in [0.15, 0.2) is 54.6 Å². The van der Waals surface area contributed by atoms with Gasteiger partial charge in [0.15, 0.2) is 5.92 Å². The molecule has 27 heavy (non-hydrogen) atoms. The largest absolute Gasteiger partial charge is 0.462 e. The van der Waals surface area contributed by atoms with Crippen molar-refractivity contribution in [3.63, 3.8) is 0 Å². The molecule has 2 aromatic rings. The summed E-state index contributed by atoms with van der Waals surface area (Å²) in [7, 11) is 0. The van der Waals surface area contributed by atoms with E-state index < -0.39 is 23.7 Å². The molecular formula is C20H21N3O4. The van der Waals surface area contributed by atoms with Crippen LogP contribution in [0.25, 0.3) is 0 Å². The second kappa shape index (κ2) is 9.28. The lowest BCUT2D eigenvalue weighted by Gasteiger charge is -2.16. The smallest absolute Gasteiger partial charge is 0.338 e. The Morgan fingerprint density at radius 1 is 0.963 bits per heavy atom. The molecule has 0 heterocycles. The van der Waals surface area contributed by atoms with E-state index >= 15 is 0 Å². The number of anilines is 2. The number of ether oxygens (including phenoxy) is 1. The van der Waals surface area contributed by atoms with Crippen LogP contribution in [0.3, 0.4) is 0 Å². The van der Waals surface area contributed by atoms with E-state index in [2.05, 4.69) is 10.6 Å². The van der Waals surface area contributed by atoms with Crippen molar-refractivity contribution in [1.29, 1.82) is 5.41 Å². The van der Waals surface area contributed by atoms with E-state index in [1.807, 2.05) is 0 Å². The highest BCUT2D eigenvalue weighted by atomic mass is 16.5. The molecule has 0 fully saturated rings. The first-order valence-electron chi connectivity index (χ1n) is 8.41. The Bertz CT molecular complexity index is 849. The molecule has 2 amide bonds. The minimum absolute atomic E-state index is 0.0949. The standard InChI is InChI=1S/C20H21N3O4/c1-3-27-20(26)14-8-7-11-16(12-14)23-19(25)17(13(2)21)18(24)22-15-9-5-4-6-10-15/h4-12,17,21H,3H2,1-2H3,(H,22,24)(H,23,25). The summed E-state index contributed by atoms with van der Waals surface area (Å²) in [6.45, 7) is 3.33. The van der Waals surface area contributed by atoms with Crippen LogP contribution >= 0.6 is 0 Å². The number of carbonyl (C=O) groups excluding carboxylic acids is 3.